The lowest BCUT2D eigenvalue weighted by atomic mass is 9.98. The molecule has 1 aliphatic heterocycles. The van der Waals surface area contributed by atoms with E-state index < -0.39 is 0 Å². The Balaban J connectivity index is 1.79. The van der Waals surface area contributed by atoms with Crippen LogP contribution >= 0.6 is 0 Å². The first-order valence-electron chi connectivity index (χ1n) is 7.42. The molecule has 3 rings (SSSR count). The Morgan fingerprint density at radius 2 is 1.83 bits per heavy atom. The first kappa shape index (κ1) is 12.2. The summed E-state index contributed by atoms with van der Waals surface area (Å²) in [6.07, 6.45) is 3.98. The largest absolute Gasteiger partial charge is 0.314 e. The van der Waals surface area contributed by atoms with Crippen molar-refractivity contribution in [3.05, 3.63) is 35.4 Å². The van der Waals surface area contributed by atoms with Crippen molar-refractivity contribution in [1.82, 2.24) is 10.2 Å². The molecule has 0 radical (unpaired) electrons. The summed E-state index contributed by atoms with van der Waals surface area (Å²) in [5.41, 5.74) is 2.99. The molecule has 0 bridgehead atoms. The molecule has 0 spiro atoms. The fourth-order valence-corrected chi connectivity index (χ4v) is 3.10. The number of benzene rings is 1. The zero-order chi connectivity index (χ0) is 12.4. The van der Waals surface area contributed by atoms with E-state index in [4.69, 9.17) is 0 Å². The van der Waals surface area contributed by atoms with E-state index >= 15 is 0 Å². The third kappa shape index (κ3) is 2.60. The minimum atomic E-state index is 0.679. The Morgan fingerprint density at radius 1 is 1.17 bits per heavy atom. The van der Waals surface area contributed by atoms with Gasteiger partial charge >= 0.3 is 0 Å². The quantitative estimate of drug-likeness (QED) is 0.876. The van der Waals surface area contributed by atoms with E-state index in [1.807, 2.05) is 0 Å². The SMILES string of the molecule is CCc1ccc([C@H](C2CC2)N2CCNCC2)cc1. The Morgan fingerprint density at radius 3 is 2.39 bits per heavy atom. The lowest BCUT2D eigenvalue weighted by Crippen LogP contribution is -2.45. The standard InChI is InChI=1S/C16H24N2/c1-2-13-3-5-14(6-4-13)16(15-7-8-15)18-11-9-17-10-12-18/h3-6,15-17H,2,7-12H2,1H3/t16-/m1/s1. The number of piperazine rings is 1. The van der Waals surface area contributed by atoms with E-state index in [-0.39, 0.29) is 0 Å². The molecule has 0 aromatic heterocycles. The summed E-state index contributed by atoms with van der Waals surface area (Å²) in [6, 6.07) is 10.0. The van der Waals surface area contributed by atoms with Gasteiger partial charge < -0.3 is 5.32 Å². The van der Waals surface area contributed by atoms with Gasteiger partial charge in [-0.3, -0.25) is 4.90 Å². The minimum Gasteiger partial charge on any atom is -0.314 e. The van der Waals surface area contributed by atoms with Crippen LogP contribution in [0, 0.1) is 5.92 Å². The fraction of sp³-hybridized carbons (Fsp3) is 0.625. The van der Waals surface area contributed by atoms with E-state index in [2.05, 4.69) is 41.4 Å². The second-order valence-electron chi connectivity index (χ2n) is 5.66. The molecule has 1 saturated carbocycles. The lowest BCUT2D eigenvalue weighted by Gasteiger charge is -2.35. The van der Waals surface area contributed by atoms with Crippen LogP contribution in [0.3, 0.4) is 0 Å². The molecule has 98 valence electrons. The van der Waals surface area contributed by atoms with Crippen LogP contribution in [0.1, 0.15) is 36.9 Å². The molecule has 1 heterocycles. The summed E-state index contributed by atoms with van der Waals surface area (Å²) >= 11 is 0. The van der Waals surface area contributed by atoms with Crippen LogP contribution in [0.5, 0.6) is 0 Å². The van der Waals surface area contributed by atoms with E-state index in [1.54, 1.807) is 0 Å². The molecular formula is C16H24N2. The van der Waals surface area contributed by atoms with Gasteiger partial charge in [-0.1, -0.05) is 31.2 Å². The van der Waals surface area contributed by atoms with Gasteiger partial charge in [0.05, 0.1) is 0 Å². The van der Waals surface area contributed by atoms with Crippen LogP contribution in [-0.2, 0) is 6.42 Å². The maximum absolute atomic E-state index is 3.46. The highest BCUT2D eigenvalue weighted by Gasteiger charge is 2.36. The van der Waals surface area contributed by atoms with Crippen molar-refractivity contribution in [3.8, 4) is 0 Å². The maximum atomic E-state index is 3.46. The molecule has 1 aromatic rings. The monoisotopic (exact) mass is 244 g/mol. The number of rotatable bonds is 4. The fourth-order valence-electron chi connectivity index (χ4n) is 3.10. The first-order chi connectivity index (χ1) is 8.88. The average Bonchev–Trinajstić information content (AvgIpc) is 3.26. The highest BCUT2D eigenvalue weighted by atomic mass is 15.2. The van der Waals surface area contributed by atoms with Crippen LogP contribution in [0.2, 0.25) is 0 Å². The second-order valence-corrected chi connectivity index (χ2v) is 5.66. The molecule has 2 fully saturated rings. The lowest BCUT2D eigenvalue weighted by molar-refractivity contribution is 0.156. The van der Waals surface area contributed by atoms with E-state index in [0.717, 1.165) is 25.4 Å². The summed E-state index contributed by atoms with van der Waals surface area (Å²) in [4.78, 5) is 2.69. The number of nitrogens with zero attached hydrogens (tertiary/aromatic N) is 1. The van der Waals surface area contributed by atoms with Gasteiger partial charge in [-0.25, -0.2) is 0 Å². The summed E-state index contributed by atoms with van der Waals surface area (Å²) < 4.78 is 0. The third-order valence-corrected chi connectivity index (χ3v) is 4.34. The topological polar surface area (TPSA) is 15.3 Å². The number of nitrogens with one attached hydrogen (secondary N) is 1. The van der Waals surface area contributed by atoms with Crippen LogP contribution in [0.15, 0.2) is 24.3 Å². The van der Waals surface area contributed by atoms with Gasteiger partial charge in [0.25, 0.3) is 0 Å². The molecule has 2 nitrogen and oxygen atoms in total. The summed E-state index contributed by atoms with van der Waals surface area (Å²) in [6.45, 7) is 6.93. The van der Waals surface area contributed by atoms with Crippen molar-refractivity contribution >= 4 is 0 Å². The molecule has 18 heavy (non-hydrogen) atoms. The third-order valence-electron chi connectivity index (χ3n) is 4.34. The van der Waals surface area contributed by atoms with Crippen molar-refractivity contribution in [2.24, 2.45) is 5.92 Å². The molecule has 1 aliphatic carbocycles. The van der Waals surface area contributed by atoms with Gasteiger partial charge in [-0.2, -0.15) is 0 Å². The molecule has 2 aliphatic rings. The van der Waals surface area contributed by atoms with Crippen LogP contribution in [0.25, 0.3) is 0 Å². The summed E-state index contributed by atoms with van der Waals surface area (Å²) in [5, 5.41) is 3.46. The zero-order valence-corrected chi connectivity index (χ0v) is 11.4. The Bertz CT molecular complexity index is 375. The molecule has 1 N–H and O–H groups in total. The molecule has 2 heteroatoms. The molecule has 1 atom stereocenters. The normalized spacial score (nSPS) is 22.9. The minimum absolute atomic E-state index is 0.679. The first-order valence-corrected chi connectivity index (χ1v) is 7.42. The summed E-state index contributed by atoms with van der Waals surface area (Å²) in [5.74, 6) is 0.913. The Labute approximate surface area is 110 Å². The van der Waals surface area contributed by atoms with Gasteiger partial charge in [-0.05, 0) is 36.3 Å². The number of aryl methyl sites for hydroxylation is 1. The molecule has 1 saturated heterocycles. The van der Waals surface area contributed by atoms with E-state index in [0.29, 0.717) is 6.04 Å². The van der Waals surface area contributed by atoms with Crippen LogP contribution < -0.4 is 5.32 Å². The predicted molar refractivity (Wildman–Crippen MR) is 75.7 cm³/mol. The van der Waals surface area contributed by atoms with E-state index in [9.17, 15) is 0 Å². The van der Waals surface area contributed by atoms with Crippen LogP contribution in [0.4, 0.5) is 0 Å². The highest BCUT2D eigenvalue weighted by Crippen LogP contribution is 2.44. The van der Waals surface area contributed by atoms with Crippen molar-refractivity contribution in [1.29, 1.82) is 0 Å². The van der Waals surface area contributed by atoms with Crippen molar-refractivity contribution < 1.29 is 0 Å². The summed E-state index contributed by atoms with van der Waals surface area (Å²) in [7, 11) is 0. The van der Waals surface area contributed by atoms with Gasteiger partial charge in [0.1, 0.15) is 0 Å². The van der Waals surface area contributed by atoms with Crippen molar-refractivity contribution in [2.75, 3.05) is 26.2 Å². The second kappa shape index (κ2) is 5.41. The van der Waals surface area contributed by atoms with Gasteiger partial charge in [0, 0.05) is 32.2 Å². The van der Waals surface area contributed by atoms with Gasteiger partial charge in [0.2, 0.25) is 0 Å². The Hall–Kier alpha value is -0.860. The number of hydrogen-bond donors (Lipinski definition) is 1. The van der Waals surface area contributed by atoms with Gasteiger partial charge in [0.15, 0.2) is 0 Å². The Kier molecular flexibility index (Phi) is 3.67. The number of hydrogen-bond acceptors (Lipinski definition) is 2. The van der Waals surface area contributed by atoms with E-state index in [1.165, 1.54) is 37.1 Å². The van der Waals surface area contributed by atoms with Crippen molar-refractivity contribution in [2.45, 2.75) is 32.2 Å². The van der Waals surface area contributed by atoms with Crippen LogP contribution in [-0.4, -0.2) is 31.1 Å². The average molecular weight is 244 g/mol. The smallest absolute Gasteiger partial charge is 0.0377 e. The molecular weight excluding hydrogens is 220 g/mol. The zero-order valence-electron chi connectivity index (χ0n) is 11.4. The van der Waals surface area contributed by atoms with Crippen molar-refractivity contribution in [3.63, 3.8) is 0 Å². The molecule has 0 amide bonds. The highest BCUT2D eigenvalue weighted by molar-refractivity contribution is 5.26. The maximum Gasteiger partial charge on any atom is 0.0377 e. The molecule has 1 aromatic carbocycles. The van der Waals surface area contributed by atoms with Gasteiger partial charge in [-0.15, -0.1) is 0 Å². The predicted octanol–water partition coefficient (Wildman–Crippen LogP) is 2.61. The molecule has 0 unspecified atom stereocenters.